The third kappa shape index (κ3) is 2.88. The maximum absolute atomic E-state index is 11.7. The zero-order valence-electron chi connectivity index (χ0n) is 12.7. The number of rotatable bonds is 5. The lowest BCUT2D eigenvalue weighted by Crippen LogP contribution is -2.13. The van der Waals surface area contributed by atoms with Crippen LogP contribution in [-0.2, 0) is 9.53 Å². The summed E-state index contributed by atoms with van der Waals surface area (Å²) in [5, 5.41) is 9.31. The van der Waals surface area contributed by atoms with Crippen molar-refractivity contribution in [2.75, 3.05) is 6.61 Å². The summed E-state index contributed by atoms with van der Waals surface area (Å²) in [5.74, 6) is 0.703. The van der Waals surface area contributed by atoms with Crippen molar-refractivity contribution in [1.29, 1.82) is 0 Å². The van der Waals surface area contributed by atoms with Gasteiger partial charge in [0.15, 0.2) is 11.0 Å². The van der Waals surface area contributed by atoms with E-state index >= 15 is 0 Å². The lowest BCUT2D eigenvalue weighted by molar-refractivity contribution is -0.137. The molecule has 1 aromatic carbocycles. The van der Waals surface area contributed by atoms with Crippen LogP contribution in [0.15, 0.2) is 35.5 Å². The largest absolute Gasteiger partial charge is 0.465 e. The van der Waals surface area contributed by atoms with Crippen LogP contribution in [0, 0.1) is 0 Å². The Hall–Kier alpha value is -1.82. The predicted octanol–water partition coefficient (Wildman–Crippen LogP) is 3.32. The number of cyclic esters (lactones) is 1. The number of benzene rings is 1. The number of nitrogens with zero attached hydrogens (tertiary/aromatic N) is 3. The second-order valence-electron chi connectivity index (χ2n) is 5.36. The van der Waals surface area contributed by atoms with E-state index in [2.05, 4.69) is 28.6 Å². The molecule has 0 radical (unpaired) electrons. The fourth-order valence-corrected chi connectivity index (χ4v) is 3.53. The monoisotopic (exact) mass is 317 g/mol. The molecule has 0 bridgehead atoms. The first-order valence-corrected chi connectivity index (χ1v) is 8.42. The zero-order valence-corrected chi connectivity index (χ0v) is 13.5. The van der Waals surface area contributed by atoms with Gasteiger partial charge in [0, 0.05) is 18.0 Å². The number of ether oxygens (including phenoxy) is 1. The van der Waals surface area contributed by atoms with Gasteiger partial charge in [-0.2, -0.15) is 0 Å². The minimum Gasteiger partial charge on any atom is -0.465 e. The van der Waals surface area contributed by atoms with Crippen LogP contribution < -0.4 is 0 Å². The third-order valence-corrected chi connectivity index (χ3v) is 5.06. The summed E-state index contributed by atoms with van der Waals surface area (Å²) in [7, 11) is 0. The van der Waals surface area contributed by atoms with Crippen LogP contribution in [0.2, 0.25) is 0 Å². The van der Waals surface area contributed by atoms with Crippen LogP contribution in [0.3, 0.4) is 0 Å². The molecule has 1 fully saturated rings. The van der Waals surface area contributed by atoms with Crippen molar-refractivity contribution in [2.24, 2.45) is 0 Å². The van der Waals surface area contributed by atoms with Gasteiger partial charge in [0.1, 0.15) is 5.25 Å². The minimum atomic E-state index is -0.171. The summed E-state index contributed by atoms with van der Waals surface area (Å²) in [6.45, 7) is 4.78. The van der Waals surface area contributed by atoms with E-state index in [0.717, 1.165) is 29.4 Å². The number of hydrogen-bond acceptors (Lipinski definition) is 5. The smallest absolute Gasteiger partial charge is 0.319 e. The van der Waals surface area contributed by atoms with Crippen molar-refractivity contribution in [3.05, 3.63) is 30.3 Å². The summed E-state index contributed by atoms with van der Waals surface area (Å²) < 4.78 is 7.17. The molecule has 0 unspecified atom stereocenters. The van der Waals surface area contributed by atoms with Gasteiger partial charge in [-0.15, -0.1) is 10.2 Å². The average molecular weight is 317 g/mol. The lowest BCUT2D eigenvalue weighted by atomic mass is 10.2. The van der Waals surface area contributed by atoms with Gasteiger partial charge < -0.3 is 4.74 Å². The summed E-state index contributed by atoms with van der Waals surface area (Å²) in [6.07, 6.45) is 1.71. The Morgan fingerprint density at radius 2 is 2.14 bits per heavy atom. The van der Waals surface area contributed by atoms with Gasteiger partial charge in [0.05, 0.1) is 6.61 Å². The fraction of sp³-hybridized carbons (Fsp3) is 0.438. The Bertz CT molecular complexity index is 657. The summed E-state index contributed by atoms with van der Waals surface area (Å²) >= 11 is 1.46. The Morgan fingerprint density at radius 1 is 1.36 bits per heavy atom. The van der Waals surface area contributed by atoms with Gasteiger partial charge in [0.25, 0.3) is 0 Å². The van der Waals surface area contributed by atoms with Crippen molar-refractivity contribution in [3.63, 3.8) is 0 Å². The molecule has 1 aromatic heterocycles. The first-order chi connectivity index (χ1) is 10.7. The minimum absolute atomic E-state index is 0.148. The number of thioether (sulfide) groups is 1. The number of carbonyl (C=O) groups excluding carboxylic acids is 1. The first kappa shape index (κ1) is 15.1. The zero-order chi connectivity index (χ0) is 15.5. The van der Waals surface area contributed by atoms with E-state index in [1.165, 1.54) is 11.8 Å². The second kappa shape index (κ2) is 6.52. The van der Waals surface area contributed by atoms with Gasteiger partial charge in [0.2, 0.25) is 0 Å². The van der Waals surface area contributed by atoms with Crippen molar-refractivity contribution >= 4 is 17.7 Å². The van der Waals surface area contributed by atoms with E-state index in [1.54, 1.807) is 0 Å². The standard InChI is InChI=1S/C16H19N3O2S/c1-3-11(2)19-14(12-7-5-4-6-8-12)17-18-16(19)22-13-9-10-21-15(13)20/h4-8,11,13H,3,9-10H2,1-2H3/t11-,13+/m1/s1. The van der Waals surface area contributed by atoms with E-state index in [1.807, 2.05) is 30.3 Å². The molecule has 0 saturated carbocycles. The van der Waals surface area contributed by atoms with Gasteiger partial charge >= 0.3 is 5.97 Å². The Labute approximate surface area is 134 Å². The van der Waals surface area contributed by atoms with Crippen molar-refractivity contribution in [2.45, 2.75) is 43.1 Å². The maximum Gasteiger partial charge on any atom is 0.319 e. The Kier molecular flexibility index (Phi) is 4.47. The highest BCUT2D eigenvalue weighted by molar-refractivity contribution is 8.00. The number of carbonyl (C=O) groups is 1. The number of esters is 1. The highest BCUT2D eigenvalue weighted by atomic mass is 32.2. The third-order valence-electron chi connectivity index (χ3n) is 3.86. The quantitative estimate of drug-likeness (QED) is 0.792. The van der Waals surface area contributed by atoms with Gasteiger partial charge in [-0.3, -0.25) is 9.36 Å². The SMILES string of the molecule is CC[C@@H](C)n1c(S[C@H]2CCOC2=O)nnc1-c1ccccc1. The number of hydrogen-bond donors (Lipinski definition) is 0. The van der Waals surface area contributed by atoms with E-state index < -0.39 is 0 Å². The molecule has 2 aromatic rings. The molecule has 0 aliphatic carbocycles. The van der Waals surface area contributed by atoms with Crippen LogP contribution in [0.5, 0.6) is 0 Å². The summed E-state index contributed by atoms with van der Waals surface area (Å²) in [6, 6.07) is 10.3. The molecule has 1 saturated heterocycles. The van der Waals surface area contributed by atoms with Crippen molar-refractivity contribution in [1.82, 2.24) is 14.8 Å². The molecule has 2 atom stereocenters. The van der Waals surface area contributed by atoms with Crippen LogP contribution in [-0.4, -0.2) is 32.6 Å². The molecule has 0 spiro atoms. The van der Waals surface area contributed by atoms with E-state index in [9.17, 15) is 4.79 Å². The maximum atomic E-state index is 11.7. The van der Waals surface area contributed by atoms with Crippen LogP contribution in [0.1, 0.15) is 32.7 Å². The van der Waals surface area contributed by atoms with E-state index in [4.69, 9.17) is 4.74 Å². The lowest BCUT2D eigenvalue weighted by Gasteiger charge is -2.17. The van der Waals surface area contributed by atoms with Gasteiger partial charge in [-0.1, -0.05) is 49.0 Å². The molecule has 6 heteroatoms. The van der Waals surface area contributed by atoms with E-state index in [0.29, 0.717) is 6.61 Å². The molecule has 2 heterocycles. The van der Waals surface area contributed by atoms with Crippen LogP contribution >= 0.6 is 11.8 Å². The van der Waals surface area contributed by atoms with Gasteiger partial charge in [-0.05, 0) is 13.3 Å². The number of aromatic nitrogens is 3. The topological polar surface area (TPSA) is 57.0 Å². The van der Waals surface area contributed by atoms with Crippen molar-refractivity contribution in [3.8, 4) is 11.4 Å². The Balaban J connectivity index is 1.96. The second-order valence-corrected chi connectivity index (χ2v) is 6.53. The fourth-order valence-electron chi connectivity index (χ4n) is 2.43. The average Bonchev–Trinajstić information content (AvgIpc) is 3.15. The molecule has 1 aliphatic heterocycles. The van der Waals surface area contributed by atoms with Gasteiger partial charge in [-0.25, -0.2) is 0 Å². The summed E-state index contributed by atoms with van der Waals surface area (Å²) in [5.41, 5.74) is 1.04. The Morgan fingerprint density at radius 3 is 2.77 bits per heavy atom. The molecule has 0 amide bonds. The van der Waals surface area contributed by atoms with Crippen molar-refractivity contribution < 1.29 is 9.53 Å². The molecule has 3 rings (SSSR count). The molecule has 116 valence electrons. The summed E-state index contributed by atoms with van der Waals surface area (Å²) in [4.78, 5) is 11.7. The molecule has 1 aliphatic rings. The molecule has 0 N–H and O–H groups in total. The van der Waals surface area contributed by atoms with Crippen LogP contribution in [0.4, 0.5) is 0 Å². The highest BCUT2D eigenvalue weighted by Crippen LogP contribution is 2.33. The molecular weight excluding hydrogens is 298 g/mol. The molecular formula is C16H19N3O2S. The molecule has 5 nitrogen and oxygen atoms in total. The first-order valence-electron chi connectivity index (χ1n) is 7.54. The normalized spacial score (nSPS) is 19.2. The molecule has 22 heavy (non-hydrogen) atoms. The van der Waals surface area contributed by atoms with E-state index in [-0.39, 0.29) is 17.3 Å². The predicted molar refractivity (Wildman–Crippen MR) is 85.7 cm³/mol. The highest BCUT2D eigenvalue weighted by Gasteiger charge is 2.30. The van der Waals surface area contributed by atoms with Crippen LogP contribution in [0.25, 0.3) is 11.4 Å².